The summed E-state index contributed by atoms with van der Waals surface area (Å²) < 4.78 is 35.7. The molecular weight excluding hydrogens is 227 g/mol. The van der Waals surface area contributed by atoms with Crippen LogP contribution in [0.3, 0.4) is 0 Å². The Labute approximate surface area is 75.5 Å². The van der Waals surface area contributed by atoms with Crippen molar-refractivity contribution in [1.82, 2.24) is 9.21 Å². The van der Waals surface area contributed by atoms with E-state index in [0.29, 0.717) is 0 Å². The first-order valence-corrected chi connectivity index (χ1v) is 6.65. The summed E-state index contributed by atoms with van der Waals surface area (Å²) in [5.74, 6) is 0.0976. The van der Waals surface area contributed by atoms with Crippen LogP contribution in [0.2, 0.25) is 0 Å². The van der Waals surface area contributed by atoms with E-state index in [1.165, 1.54) is 0 Å². The summed E-state index contributed by atoms with van der Waals surface area (Å²) >= 11 is 5.19. The van der Waals surface area contributed by atoms with E-state index in [1.807, 2.05) is 4.72 Å². The van der Waals surface area contributed by atoms with E-state index in [0.717, 1.165) is 0 Å². The van der Waals surface area contributed by atoms with Crippen molar-refractivity contribution in [2.45, 2.75) is 0 Å². The number of hydrogen-bond donors (Lipinski definition) is 4. The van der Waals surface area contributed by atoms with Crippen molar-refractivity contribution in [2.24, 2.45) is 11.0 Å². The van der Waals surface area contributed by atoms with Gasteiger partial charge < -0.3 is 0 Å². The molecule has 0 unspecified atom stereocenters. The normalized spacial score (nSPS) is 13.2. The average Bonchev–Trinajstić information content (AvgIpc) is 1.78. The number of nitrogens with two attached hydrogens (primary N) is 2. The Bertz CT molecular complexity index is 272. The maximum Gasteiger partial charge on any atom is 0.288 e. The fraction of sp³-hybridized carbons (Fsp3) is 1.00. The molecule has 7 nitrogen and oxygen atoms in total. The molecule has 0 radical (unpaired) electrons. The lowest BCUT2D eigenvalue weighted by atomic mass is 10.8. The van der Waals surface area contributed by atoms with Crippen LogP contribution in [0.5, 0.6) is 0 Å². The molecule has 12 heavy (non-hydrogen) atoms. The predicted octanol–water partition coefficient (Wildman–Crippen LogP) is -1.33. The number of halogens is 1. The maximum absolute atomic E-state index is 10.8. The van der Waals surface area contributed by atoms with Crippen LogP contribution in [-0.2, 0) is 14.8 Å². The molecule has 0 aromatic heterocycles. The SMILES string of the molecule is NP(N)(=O)NS(=O)(=O)NCCCl. The van der Waals surface area contributed by atoms with Crippen molar-refractivity contribution in [1.29, 1.82) is 0 Å². The third-order valence-electron chi connectivity index (χ3n) is 0.649. The van der Waals surface area contributed by atoms with E-state index >= 15 is 0 Å². The Balaban J connectivity index is 4.16. The van der Waals surface area contributed by atoms with Gasteiger partial charge in [0.2, 0.25) is 0 Å². The summed E-state index contributed by atoms with van der Waals surface area (Å²) in [6.07, 6.45) is 0. The van der Waals surface area contributed by atoms with Crippen LogP contribution < -0.4 is 20.2 Å². The minimum absolute atomic E-state index is 0.0108. The Morgan fingerprint density at radius 3 is 2.25 bits per heavy atom. The predicted molar refractivity (Wildman–Crippen MR) is 46.8 cm³/mol. The molecule has 0 rings (SSSR count). The van der Waals surface area contributed by atoms with Crippen molar-refractivity contribution < 1.29 is 13.0 Å². The molecule has 0 saturated carbocycles. The topological polar surface area (TPSA) is 127 Å². The van der Waals surface area contributed by atoms with Gasteiger partial charge in [0.15, 0.2) is 0 Å². The standard InChI is InChI=1S/C2H10ClN4O3PS/c3-1-2-6-12(9,10)7-11(4,5)8/h6H,1-2H2,(H5,4,5,7,8). The van der Waals surface area contributed by atoms with E-state index in [4.69, 9.17) is 22.6 Å². The Kier molecular flexibility index (Phi) is 4.64. The zero-order chi connectivity index (χ0) is 9.83. The highest BCUT2D eigenvalue weighted by Crippen LogP contribution is 2.18. The van der Waals surface area contributed by atoms with Gasteiger partial charge in [-0.05, 0) is 0 Å². The lowest BCUT2D eigenvalue weighted by Gasteiger charge is -2.09. The number of nitrogens with one attached hydrogen (secondary N) is 2. The molecule has 74 valence electrons. The van der Waals surface area contributed by atoms with Gasteiger partial charge in [-0.1, -0.05) is 0 Å². The van der Waals surface area contributed by atoms with Crippen LogP contribution in [0.4, 0.5) is 0 Å². The van der Waals surface area contributed by atoms with Gasteiger partial charge in [0.25, 0.3) is 17.8 Å². The van der Waals surface area contributed by atoms with Gasteiger partial charge in [-0.2, -0.15) is 8.42 Å². The molecule has 10 heteroatoms. The van der Waals surface area contributed by atoms with Gasteiger partial charge in [-0.25, -0.2) is 4.72 Å². The lowest BCUT2D eigenvalue weighted by molar-refractivity contribution is 0.562. The third kappa shape index (κ3) is 6.99. The molecule has 0 amide bonds. The van der Waals surface area contributed by atoms with Crippen molar-refractivity contribution in [3.8, 4) is 0 Å². The third-order valence-corrected chi connectivity index (χ3v) is 3.53. The highest BCUT2D eigenvalue weighted by Gasteiger charge is 2.18. The molecule has 0 aromatic carbocycles. The summed E-state index contributed by atoms with van der Waals surface area (Å²) in [7, 11) is -7.67. The molecule has 0 aliphatic rings. The van der Waals surface area contributed by atoms with Crippen molar-refractivity contribution in [3.05, 3.63) is 0 Å². The number of rotatable bonds is 5. The molecule has 0 saturated heterocycles. The van der Waals surface area contributed by atoms with Gasteiger partial charge in [0, 0.05) is 12.4 Å². The summed E-state index contributed by atoms with van der Waals surface area (Å²) in [5.41, 5.74) is 9.53. The molecule has 0 spiro atoms. The van der Waals surface area contributed by atoms with Gasteiger partial charge in [-0.15, -0.1) is 16.1 Å². The van der Waals surface area contributed by atoms with E-state index < -0.39 is 17.8 Å². The highest BCUT2D eigenvalue weighted by atomic mass is 35.5. The number of alkyl halides is 1. The van der Waals surface area contributed by atoms with Crippen LogP contribution in [0.1, 0.15) is 0 Å². The first-order chi connectivity index (χ1) is 5.27. The first kappa shape index (κ1) is 12.3. The Hall–Kier alpha value is 0.310. The molecular formula is C2H10ClN4O3PS. The maximum atomic E-state index is 10.8. The minimum Gasteiger partial charge on any atom is -0.270 e. The zero-order valence-electron chi connectivity index (χ0n) is 6.03. The molecule has 0 aliphatic carbocycles. The second-order valence-corrected chi connectivity index (χ2v) is 5.71. The summed E-state index contributed by atoms with van der Waals surface area (Å²) in [4.78, 5) is 0. The first-order valence-electron chi connectivity index (χ1n) is 2.78. The second kappa shape index (κ2) is 4.52. The van der Waals surface area contributed by atoms with Crippen LogP contribution in [0, 0.1) is 0 Å². The van der Waals surface area contributed by atoms with Crippen LogP contribution in [0.15, 0.2) is 0 Å². The van der Waals surface area contributed by atoms with E-state index in [2.05, 4.69) is 0 Å². The van der Waals surface area contributed by atoms with Crippen molar-refractivity contribution in [2.75, 3.05) is 12.4 Å². The van der Waals surface area contributed by atoms with Gasteiger partial charge in [-0.3, -0.25) is 15.6 Å². The van der Waals surface area contributed by atoms with Gasteiger partial charge in [0.1, 0.15) is 0 Å². The Morgan fingerprint density at radius 1 is 1.42 bits per heavy atom. The molecule has 0 atom stereocenters. The second-order valence-electron chi connectivity index (χ2n) is 1.89. The van der Waals surface area contributed by atoms with E-state index in [1.54, 1.807) is 4.49 Å². The van der Waals surface area contributed by atoms with Crippen molar-refractivity contribution >= 4 is 29.4 Å². The fourth-order valence-electron chi connectivity index (χ4n) is 0.393. The highest BCUT2D eigenvalue weighted by molar-refractivity contribution is 7.93. The summed E-state index contributed by atoms with van der Waals surface area (Å²) in [6, 6.07) is 0. The minimum atomic E-state index is -3.90. The van der Waals surface area contributed by atoms with Crippen LogP contribution >= 0.6 is 19.2 Å². The van der Waals surface area contributed by atoms with Crippen LogP contribution in [-0.4, -0.2) is 20.8 Å². The molecule has 0 bridgehead atoms. The molecule has 0 heterocycles. The zero-order valence-corrected chi connectivity index (χ0v) is 8.49. The van der Waals surface area contributed by atoms with E-state index in [9.17, 15) is 13.0 Å². The average molecular weight is 237 g/mol. The monoisotopic (exact) mass is 236 g/mol. The quantitative estimate of drug-likeness (QED) is 0.348. The molecule has 0 fully saturated rings. The fourth-order valence-corrected chi connectivity index (χ4v) is 2.73. The smallest absolute Gasteiger partial charge is 0.270 e. The number of hydrogen-bond acceptors (Lipinski definition) is 3. The Morgan fingerprint density at radius 2 is 1.92 bits per heavy atom. The molecule has 6 N–H and O–H groups in total. The van der Waals surface area contributed by atoms with Crippen molar-refractivity contribution in [3.63, 3.8) is 0 Å². The largest absolute Gasteiger partial charge is 0.288 e. The lowest BCUT2D eigenvalue weighted by Crippen LogP contribution is -2.39. The van der Waals surface area contributed by atoms with Gasteiger partial charge in [0.05, 0.1) is 0 Å². The molecule has 0 aromatic rings. The molecule has 0 aliphatic heterocycles. The van der Waals surface area contributed by atoms with Gasteiger partial charge >= 0.3 is 0 Å². The summed E-state index contributed by atoms with van der Waals surface area (Å²) in [6.45, 7) is 0.0108. The van der Waals surface area contributed by atoms with Crippen LogP contribution in [0.25, 0.3) is 0 Å². The van der Waals surface area contributed by atoms with E-state index in [-0.39, 0.29) is 12.4 Å². The summed E-state index contributed by atoms with van der Waals surface area (Å²) in [5, 5.41) is 0.